The van der Waals surface area contributed by atoms with E-state index >= 15 is 0 Å². The van der Waals surface area contributed by atoms with Crippen LogP contribution in [-0.4, -0.2) is 27.9 Å². The van der Waals surface area contributed by atoms with Gasteiger partial charge in [-0.1, -0.05) is 25.2 Å². The first kappa shape index (κ1) is 13.6. The fraction of sp³-hybridized carbons (Fsp3) is 0.385. The van der Waals surface area contributed by atoms with Gasteiger partial charge >= 0.3 is 0 Å². The van der Waals surface area contributed by atoms with E-state index < -0.39 is 0 Å². The van der Waals surface area contributed by atoms with Crippen molar-refractivity contribution in [3.05, 3.63) is 24.4 Å². The molecule has 0 aliphatic carbocycles. The molecule has 100 valence electrons. The molecule has 2 aromatic rings. The van der Waals surface area contributed by atoms with Crippen LogP contribution in [0.3, 0.4) is 0 Å². The van der Waals surface area contributed by atoms with Gasteiger partial charge in [0.25, 0.3) is 0 Å². The quantitative estimate of drug-likeness (QED) is 0.864. The molecule has 1 amide bonds. The molecule has 0 aromatic carbocycles. The standard InChI is InChI=1S/C13H16N4OS/c1-8(2)12(18)17(4)13-9(3)16-11(19-13)10-5-14-7-15-6-10/h5-8H,1-4H3. The summed E-state index contributed by atoms with van der Waals surface area (Å²) in [5, 5.41) is 1.70. The lowest BCUT2D eigenvalue weighted by Crippen LogP contribution is -2.30. The number of thiazole rings is 1. The van der Waals surface area contributed by atoms with E-state index in [1.165, 1.54) is 17.7 Å². The minimum atomic E-state index is -0.0324. The Morgan fingerprint density at radius 3 is 2.53 bits per heavy atom. The van der Waals surface area contributed by atoms with E-state index in [1.54, 1.807) is 24.3 Å². The molecule has 0 atom stereocenters. The molecule has 6 heteroatoms. The normalized spacial score (nSPS) is 10.8. The second kappa shape index (κ2) is 5.44. The molecule has 2 rings (SSSR count). The van der Waals surface area contributed by atoms with Crippen LogP contribution in [0.5, 0.6) is 0 Å². The van der Waals surface area contributed by atoms with Crippen LogP contribution >= 0.6 is 11.3 Å². The Kier molecular flexibility index (Phi) is 3.90. The highest BCUT2D eigenvalue weighted by Gasteiger charge is 2.20. The molecule has 0 radical (unpaired) electrons. The minimum Gasteiger partial charge on any atom is -0.305 e. The lowest BCUT2D eigenvalue weighted by atomic mass is 10.2. The highest BCUT2D eigenvalue weighted by molar-refractivity contribution is 7.19. The molecule has 2 heterocycles. The fourth-order valence-electron chi connectivity index (χ4n) is 1.72. The summed E-state index contributed by atoms with van der Waals surface area (Å²) in [6.07, 6.45) is 4.93. The molecule has 5 nitrogen and oxygen atoms in total. The summed E-state index contributed by atoms with van der Waals surface area (Å²) in [6, 6.07) is 0. The maximum absolute atomic E-state index is 12.0. The van der Waals surface area contributed by atoms with Gasteiger partial charge in [0, 0.05) is 30.9 Å². The number of hydrogen-bond acceptors (Lipinski definition) is 5. The summed E-state index contributed by atoms with van der Waals surface area (Å²) in [5.74, 6) is 0.0534. The number of carbonyl (C=O) groups is 1. The summed E-state index contributed by atoms with van der Waals surface area (Å²) in [4.78, 5) is 26.1. The molecule has 0 aliphatic rings. The SMILES string of the molecule is Cc1nc(-c2cncnc2)sc1N(C)C(=O)C(C)C. The minimum absolute atomic E-state index is 0.0324. The molecule has 0 aliphatic heterocycles. The van der Waals surface area contributed by atoms with Crippen molar-refractivity contribution in [2.75, 3.05) is 11.9 Å². The average molecular weight is 276 g/mol. The number of anilines is 1. The first-order chi connectivity index (χ1) is 9.00. The summed E-state index contributed by atoms with van der Waals surface area (Å²) in [6.45, 7) is 5.69. The molecule has 0 saturated heterocycles. The maximum Gasteiger partial charge on any atom is 0.229 e. The number of aryl methyl sites for hydroxylation is 1. The second-order valence-corrected chi connectivity index (χ2v) is 5.57. The average Bonchev–Trinajstić information content (AvgIpc) is 2.80. The van der Waals surface area contributed by atoms with E-state index in [1.807, 2.05) is 20.8 Å². The van der Waals surface area contributed by atoms with E-state index in [4.69, 9.17) is 0 Å². The molecule has 0 bridgehead atoms. The lowest BCUT2D eigenvalue weighted by Gasteiger charge is -2.17. The maximum atomic E-state index is 12.0. The lowest BCUT2D eigenvalue weighted by molar-refractivity contribution is -0.121. The molecular formula is C13H16N4OS. The molecule has 0 N–H and O–H groups in total. The first-order valence-electron chi connectivity index (χ1n) is 6.01. The molecule has 2 aromatic heterocycles. The molecular weight excluding hydrogens is 260 g/mol. The third-order valence-corrected chi connectivity index (χ3v) is 3.99. The van der Waals surface area contributed by atoms with E-state index in [2.05, 4.69) is 15.0 Å². The molecule has 19 heavy (non-hydrogen) atoms. The van der Waals surface area contributed by atoms with E-state index in [0.29, 0.717) is 0 Å². The van der Waals surface area contributed by atoms with Gasteiger partial charge < -0.3 is 4.90 Å². The number of amides is 1. The van der Waals surface area contributed by atoms with Crippen molar-refractivity contribution in [3.8, 4) is 10.6 Å². The van der Waals surface area contributed by atoms with Crippen LogP contribution in [0, 0.1) is 12.8 Å². The Hall–Kier alpha value is -1.82. The Labute approximate surface area is 116 Å². The van der Waals surface area contributed by atoms with Gasteiger partial charge in [-0.05, 0) is 6.92 Å². The van der Waals surface area contributed by atoms with Crippen molar-refractivity contribution in [2.45, 2.75) is 20.8 Å². The van der Waals surface area contributed by atoms with Crippen molar-refractivity contribution >= 4 is 22.2 Å². The second-order valence-electron chi connectivity index (χ2n) is 4.59. The van der Waals surface area contributed by atoms with Crippen molar-refractivity contribution in [3.63, 3.8) is 0 Å². The van der Waals surface area contributed by atoms with Crippen molar-refractivity contribution in [2.24, 2.45) is 5.92 Å². The Bertz CT molecular complexity index is 580. The third kappa shape index (κ3) is 2.78. The van der Waals surface area contributed by atoms with Gasteiger partial charge in [-0.2, -0.15) is 0 Å². The topological polar surface area (TPSA) is 59.0 Å². The number of nitrogens with zero attached hydrogens (tertiary/aromatic N) is 4. The van der Waals surface area contributed by atoms with Gasteiger partial charge in [0.2, 0.25) is 5.91 Å². The van der Waals surface area contributed by atoms with Gasteiger partial charge in [0.1, 0.15) is 16.3 Å². The molecule has 0 saturated carbocycles. The van der Waals surface area contributed by atoms with Crippen LogP contribution in [0.2, 0.25) is 0 Å². The summed E-state index contributed by atoms with van der Waals surface area (Å²) >= 11 is 1.48. The van der Waals surface area contributed by atoms with Gasteiger partial charge in [0.05, 0.1) is 5.69 Å². The molecule has 0 fully saturated rings. The largest absolute Gasteiger partial charge is 0.305 e. The molecule has 0 unspecified atom stereocenters. The third-order valence-electron chi connectivity index (χ3n) is 2.71. The van der Waals surface area contributed by atoms with Gasteiger partial charge in [-0.25, -0.2) is 15.0 Å². The van der Waals surface area contributed by atoms with Crippen molar-refractivity contribution in [1.29, 1.82) is 0 Å². The Morgan fingerprint density at radius 1 is 1.32 bits per heavy atom. The first-order valence-corrected chi connectivity index (χ1v) is 6.82. The predicted molar refractivity (Wildman–Crippen MR) is 76.1 cm³/mol. The number of aromatic nitrogens is 3. The monoisotopic (exact) mass is 276 g/mol. The Balaban J connectivity index is 2.34. The zero-order chi connectivity index (χ0) is 14.0. The summed E-state index contributed by atoms with van der Waals surface area (Å²) in [5.41, 5.74) is 1.72. The van der Waals surface area contributed by atoms with Crippen LogP contribution in [0.1, 0.15) is 19.5 Å². The van der Waals surface area contributed by atoms with Crippen molar-refractivity contribution in [1.82, 2.24) is 15.0 Å². The summed E-state index contributed by atoms with van der Waals surface area (Å²) < 4.78 is 0. The van der Waals surface area contributed by atoms with Crippen LogP contribution in [-0.2, 0) is 4.79 Å². The number of rotatable bonds is 3. The van der Waals surface area contributed by atoms with Gasteiger partial charge in [0.15, 0.2) is 0 Å². The highest BCUT2D eigenvalue weighted by atomic mass is 32.1. The predicted octanol–water partition coefficient (Wildman–Crippen LogP) is 2.53. The van der Waals surface area contributed by atoms with E-state index in [9.17, 15) is 4.79 Å². The van der Waals surface area contributed by atoms with Gasteiger partial charge in [-0.15, -0.1) is 0 Å². The van der Waals surface area contributed by atoms with E-state index in [-0.39, 0.29) is 11.8 Å². The van der Waals surface area contributed by atoms with Gasteiger partial charge in [-0.3, -0.25) is 4.79 Å². The van der Waals surface area contributed by atoms with Crippen LogP contribution < -0.4 is 4.90 Å². The smallest absolute Gasteiger partial charge is 0.229 e. The van der Waals surface area contributed by atoms with Crippen LogP contribution in [0.15, 0.2) is 18.7 Å². The van der Waals surface area contributed by atoms with Crippen molar-refractivity contribution < 1.29 is 4.79 Å². The zero-order valence-electron chi connectivity index (χ0n) is 11.4. The van der Waals surface area contributed by atoms with E-state index in [0.717, 1.165) is 21.3 Å². The zero-order valence-corrected chi connectivity index (χ0v) is 12.2. The fourth-order valence-corrected chi connectivity index (χ4v) is 2.73. The van der Waals surface area contributed by atoms with Crippen LogP contribution in [0.4, 0.5) is 5.00 Å². The molecule has 0 spiro atoms. The van der Waals surface area contributed by atoms with Crippen LogP contribution in [0.25, 0.3) is 10.6 Å². The highest BCUT2D eigenvalue weighted by Crippen LogP contribution is 2.33. The Morgan fingerprint density at radius 2 is 1.95 bits per heavy atom. The summed E-state index contributed by atoms with van der Waals surface area (Å²) in [7, 11) is 1.79. The number of hydrogen-bond donors (Lipinski definition) is 0. The number of carbonyl (C=O) groups excluding carboxylic acids is 1.